The Hall–Kier alpha value is -2.26. The van der Waals surface area contributed by atoms with Gasteiger partial charge in [-0.15, -0.1) is 22.7 Å². The van der Waals surface area contributed by atoms with Crippen molar-refractivity contribution in [2.75, 3.05) is 55.7 Å². The number of anilines is 2. The molecule has 2 saturated heterocycles. The van der Waals surface area contributed by atoms with Crippen LogP contribution in [0.25, 0.3) is 0 Å². The van der Waals surface area contributed by atoms with E-state index in [1.54, 1.807) is 0 Å². The van der Waals surface area contributed by atoms with Gasteiger partial charge in [-0.05, 0) is 58.8 Å². The predicted octanol–water partition coefficient (Wildman–Crippen LogP) is 4.81. The minimum absolute atomic E-state index is 0.0334. The van der Waals surface area contributed by atoms with Gasteiger partial charge in [-0.1, -0.05) is 12.1 Å². The molecule has 4 heterocycles. The molecule has 2 atom stereocenters. The Bertz CT molecular complexity index is 1120. The summed E-state index contributed by atoms with van der Waals surface area (Å²) in [4.78, 5) is 21.9. The smallest absolute Gasteiger partial charge is 0.268 e. The Morgan fingerprint density at radius 1 is 1.06 bits per heavy atom. The molecule has 1 saturated carbocycles. The largest absolute Gasteiger partial charge is 0.378 e. The maximum atomic E-state index is 15.2. The highest BCUT2D eigenvalue weighted by Crippen LogP contribution is 2.52. The molecule has 34 heavy (non-hydrogen) atoms. The van der Waals surface area contributed by atoms with Crippen molar-refractivity contribution in [3.05, 3.63) is 68.8 Å². The van der Waals surface area contributed by atoms with Crippen molar-refractivity contribution in [2.24, 2.45) is 17.8 Å². The van der Waals surface area contributed by atoms with Gasteiger partial charge in [-0.3, -0.25) is 9.69 Å². The van der Waals surface area contributed by atoms with Crippen LogP contribution in [-0.2, 0) is 11.3 Å². The average Bonchev–Trinajstić information content (AvgIpc) is 3.42. The second-order valence-electron chi connectivity index (χ2n) is 9.39. The molecule has 2 unspecified atom stereocenters. The topological polar surface area (TPSA) is 36.0 Å². The number of rotatable bonds is 7. The van der Waals surface area contributed by atoms with Gasteiger partial charge in [-0.2, -0.15) is 0 Å². The van der Waals surface area contributed by atoms with E-state index in [0.717, 1.165) is 19.6 Å². The summed E-state index contributed by atoms with van der Waals surface area (Å²) in [7, 11) is 0. The van der Waals surface area contributed by atoms with Gasteiger partial charge in [0.05, 0.1) is 23.8 Å². The van der Waals surface area contributed by atoms with Crippen LogP contribution in [-0.4, -0.2) is 56.7 Å². The lowest BCUT2D eigenvalue weighted by Crippen LogP contribution is -2.37. The van der Waals surface area contributed by atoms with Crippen LogP contribution in [0.15, 0.2) is 53.2 Å². The molecule has 1 aliphatic carbocycles. The van der Waals surface area contributed by atoms with Gasteiger partial charge in [0.2, 0.25) is 0 Å². The van der Waals surface area contributed by atoms with E-state index in [1.807, 2.05) is 50.8 Å². The first-order chi connectivity index (χ1) is 16.7. The van der Waals surface area contributed by atoms with Gasteiger partial charge < -0.3 is 14.5 Å². The maximum Gasteiger partial charge on any atom is 0.268 e. The lowest BCUT2D eigenvalue weighted by Gasteiger charge is -2.30. The number of ether oxygens (including phenoxy) is 1. The van der Waals surface area contributed by atoms with Gasteiger partial charge in [-0.25, -0.2) is 4.39 Å². The molecular formula is C26H28FN3O2S2. The Morgan fingerprint density at radius 2 is 1.82 bits per heavy atom. The second-order valence-corrected chi connectivity index (χ2v) is 11.4. The molecule has 3 aromatic rings. The van der Waals surface area contributed by atoms with Crippen LogP contribution in [0.1, 0.15) is 14.5 Å². The minimum atomic E-state index is -0.276. The van der Waals surface area contributed by atoms with Crippen molar-refractivity contribution in [1.82, 2.24) is 4.90 Å². The van der Waals surface area contributed by atoms with Crippen molar-refractivity contribution >= 4 is 40.0 Å². The van der Waals surface area contributed by atoms with Crippen molar-refractivity contribution in [3.63, 3.8) is 0 Å². The third-order valence-corrected chi connectivity index (χ3v) is 9.09. The Kier molecular flexibility index (Phi) is 6.15. The lowest BCUT2D eigenvalue weighted by molar-refractivity contribution is 0.0988. The highest BCUT2D eigenvalue weighted by Gasteiger charge is 2.56. The Labute approximate surface area is 207 Å². The number of halogens is 1. The van der Waals surface area contributed by atoms with Crippen LogP contribution in [0.5, 0.6) is 0 Å². The number of morpholine rings is 1. The number of nitrogens with zero attached hydrogens (tertiary/aromatic N) is 3. The molecule has 8 heteroatoms. The summed E-state index contributed by atoms with van der Waals surface area (Å²) < 4.78 is 20.6. The quantitative estimate of drug-likeness (QED) is 0.469. The number of hydrogen-bond donors (Lipinski definition) is 0. The van der Waals surface area contributed by atoms with Gasteiger partial charge in [0.25, 0.3) is 5.91 Å². The first-order valence-corrected chi connectivity index (χ1v) is 13.7. The molecule has 3 aliphatic rings. The van der Waals surface area contributed by atoms with Crippen LogP contribution in [0.4, 0.5) is 15.8 Å². The van der Waals surface area contributed by atoms with Crippen molar-refractivity contribution in [2.45, 2.75) is 6.54 Å². The molecule has 6 rings (SSSR count). The van der Waals surface area contributed by atoms with E-state index in [4.69, 9.17) is 4.74 Å². The van der Waals surface area contributed by atoms with E-state index in [0.29, 0.717) is 66.9 Å². The SMILES string of the molecule is O=C(c1cccs1)N(CC1C2CN(Cc3cccs3)CC21)c1ccc(N2CCOCC2)c(F)c1. The van der Waals surface area contributed by atoms with E-state index >= 15 is 4.39 Å². The number of piperidine rings is 1. The lowest BCUT2D eigenvalue weighted by atomic mass is 10.1. The summed E-state index contributed by atoms with van der Waals surface area (Å²) in [6, 6.07) is 13.3. The molecule has 178 valence electrons. The predicted molar refractivity (Wildman–Crippen MR) is 135 cm³/mol. The summed E-state index contributed by atoms with van der Waals surface area (Å²) in [6.45, 7) is 6.41. The minimum Gasteiger partial charge on any atom is -0.378 e. The number of carbonyl (C=O) groups is 1. The van der Waals surface area contributed by atoms with Crippen LogP contribution in [0, 0.1) is 23.6 Å². The number of carbonyl (C=O) groups excluding carboxylic acids is 1. The molecule has 5 nitrogen and oxygen atoms in total. The number of thiophene rings is 2. The number of benzene rings is 1. The van der Waals surface area contributed by atoms with Gasteiger partial charge in [0, 0.05) is 49.8 Å². The zero-order chi connectivity index (χ0) is 23.1. The molecule has 0 spiro atoms. The van der Waals surface area contributed by atoms with E-state index in [9.17, 15) is 4.79 Å². The third-order valence-electron chi connectivity index (χ3n) is 7.37. The summed E-state index contributed by atoms with van der Waals surface area (Å²) in [5.74, 6) is 1.41. The standard InChI is InChI=1S/C26H28FN3O2S2/c27-23-13-18(5-6-24(23)29-7-9-32-10-8-29)30(26(31)25-4-2-12-34-25)17-22-20-15-28(16-21(20)22)14-19-3-1-11-33-19/h1-6,11-13,20-22H,7-10,14-17H2. The highest BCUT2D eigenvalue weighted by molar-refractivity contribution is 7.12. The molecule has 2 aromatic heterocycles. The van der Waals surface area contributed by atoms with Crippen LogP contribution >= 0.6 is 22.7 Å². The molecule has 0 bridgehead atoms. The second kappa shape index (κ2) is 9.41. The van der Waals surface area contributed by atoms with Crippen molar-refractivity contribution in [3.8, 4) is 0 Å². The fraction of sp³-hybridized carbons (Fsp3) is 0.423. The molecule has 0 radical (unpaired) electrons. The van der Waals surface area contributed by atoms with Crippen LogP contribution < -0.4 is 9.80 Å². The summed E-state index contributed by atoms with van der Waals surface area (Å²) in [5.41, 5.74) is 1.23. The molecule has 0 N–H and O–H groups in total. The van der Waals surface area contributed by atoms with E-state index in [-0.39, 0.29) is 11.7 Å². The number of fused-ring (bicyclic) bond motifs is 1. The summed E-state index contributed by atoms with van der Waals surface area (Å²) in [5, 5.41) is 4.05. The van der Waals surface area contributed by atoms with Gasteiger partial charge in [0.1, 0.15) is 5.82 Å². The molecule has 2 aliphatic heterocycles. The molecular weight excluding hydrogens is 469 g/mol. The highest BCUT2D eigenvalue weighted by atomic mass is 32.1. The summed E-state index contributed by atoms with van der Waals surface area (Å²) >= 11 is 3.25. The van der Waals surface area contributed by atoms with Gasteiger partial charge >= 0.3 is 0 Å². The fourth-order valence-electron chi connectivity index (χ4n) is 5.53. The summed E-state index contributed by atoms with van der Waals surface area (Å²) in [6.07, 6.45) is 0. The number of likely N-dealkylation sites (tertiary alicyclic amines) is 1. The van der Waals surface area contributed by atoms with E-state index in [2.05, 4.69) is 22.4 Å². The first kappa shape index (κ1) is 22.2. The van der Waals surface area contributed by atoms with Crippen molar-refractivity contribution in [1.29, 1.82) is 0 Å². The Morgan fingerprint density at radius 3 is 2.50 bits per heavy atom. The van der Waals surface area contributed by atoms with E-state index < -0.39 is 0 Å². The van der Waals surface area contributed by atoms with Crippen molar-refractivity contribution < 1.29 is 13.9 Å². The fourth-order valence-corrected chi connectivity index (χ4v) is 6.95. The normalized spacial score (nSPS) is 24.3. The van der Waals surface area contributed by atoms with E-state index in [1.165, 1.54) is 22.3 Å². The van der Waals surface area contributed by atoms with Crippen LogP contribution in [0.2, 0.25) is 0 Å². The molecule has 3 fully saturated rings. The Balaban J connectivity index is 1.18. The van der Waals surface area contributed by atoms with Crippen LogP contribution in [0.3, 0.4) is 0 Å². The number of hydrogen-bond acceptors (Lipinski definition) is 6. The first-order valence-electron chi connectivity index (χ1n) is 11.9. The third kappa shape index (κ3) is 4.40. The van der Waals surface area contributed by atoms with Gasteiger partial charge in [0.15, 0.2) is 0 Å². The maximum absolute atomic E-state index is 15.2. The molecule has 1 aromatic carbocycles. The average molecular weight is 498 g/mol. The zero-order valence-corrected chi connectivity index (χ0v) is 20.6. The monoisotopic (exact) mass is 497 g/mol. The molecule has 1 amide bonds. The zero-order valence-electron chi connectivity index (χ0n) is 18.9. The number of amides is 1.